The monoisotopic (exact) mass is 310 g/mol. The Morgan fingerprint density at radius 3 is 2.57 bits per heavy atom. The van der Waals surface area contributed by atoms with Gasteiger partial charge in [0.1, 0.15) is 16.7 Å². The molecule has 0 radical (unpaired) electrons. The number of thiazole rings is 1. The van der Waals surface area contributed by atoms with E-state index in [1.165, 1.54) is 17.8 Å². The summed E-state index contributed by atoms with van der Waals surface area (Å²) >= 11 is 1.36. The Bertz CT molecular complexity index is 509. The molecule has 7 heteroatoms. The number of carbonyl (C=O) groups is 2. The Morgan fingerprint density at radius 2 is 2.00 bits per heavy atom. The lowest BCUT2D eigenvalue weighted by Gasteiger charge is -2.29. The van der Waals surface area contributed by atoms with Crippen LogP contribution in [0.15, 0.2) is 5.38 Å². The van der Waals surface area contributed by atoms with Gasteiger partial charge in [-0.05, 0) is 33.1 Å². The summed E-state index contributed by atoms with van der Waals surface area (Å²) in [6, 6.07) is -0.722. The average molecular weight is 310 g/mol. The van der Waals surface area contributed by atoms with E-state index < -0.39 is 6.04 Å². The molecule has 2 unspecified atom stereocenters. The third-order valence-electron chi connectivity index (χ3n) is 3.53. The lowest BCUT2D eigenvalue weighted by Crippen LogP contribution is -2.48. The summed E-state index contributed by atoms with van der Waals surface area (Å²) in [4.78, 5) is 30.4. The van der Waals surface area contributed by atoms with E-state index in [2.05, 4.69) is 10.3 Å². The van der Waals surface area contributed by atoms with Gasteiger partial charge in [-0.15, -0.1) is 11.3 Å². The standard InChI is InChI=1S/C14H22N4O2S/c1-9(15)13-17-11(8-21-13)12(19)16-10(2)14(20)18-6-4-3-5-7-18/h8-10H,3-7,15H2,1-2H3,(H,16,19). The molecule has 1 aliphatic heterocycles. The fraction of sp³-hybridized carbons (Fsp3) is 0.643. The number of nitrogens with zero attached hydrogens (tertiary/aromatic N) is 2. The maximum atomic E-state index is 12.3. The van der Waals surface area contributed by atoms with Crippen molar-refractivity contribution >= 4 is 23.2 Å². The zero-order chi connectivity index (χ0) is 15.4. The zero-order valence-corrected chi connectivity index (χ0v) is 13.3. The molecule has 0 bridgehead atoms. The van der Waals surface area contributed by atoms with Gasteiger partial charge in [0.15, 0.2) is 0 Å². The van der Waals surface area contributed by atoms with Crippen molar-refractivity contribution in [2.45, 2.75) is 45.2 Å². The molecule has 116 valence electrons. The van der Waals surface area contributed by atoms with Gasteiger partial charge in [0.05, 0.1) is 6.04 Å². The molecule has 0 aromatic carbocycles. The fourth-order valence-electron chi connectivity index (χ4n) is 2.32. The van der Waals surface area contributed by atoms with Crippen molar-refractivity contribution in [2.75, 3.05) is 13.1 Å². The van der Waals surface area contributed by atoms with Crippen LogP contribution in [0.1, 0.15) is 54.6 Å². The highest BCUT2D eigenvalue weighted by molar-refractivity contribution is 7.09. The summed E-state index contributed by atoms with van der Waals surface area (Å²) in [6.07, 6.45) is 3.25. The Balaban J connectivity index is 1.92. The molecule has 1 aromatic heterocycles. The van der Waals surface area contributed by atoms with Gasteiger partial charge < -0.3 is 16.0 Å². The SMILES string of the molecule is CC(NC(=O)c1csc(C(C)N)n1)C(=O)N1CCCCC1. The number of aromatic nitrogens is 1. The molecule has 1 saturated heterocycles. The molecule has 0 aliphatic carbocycles. The van der Waals surface area contributed by atoms with E-state index in [1.807, 2.05) is 11.8 Å². The number of piperidine rings is 1. The molecular weight excluding hydrogens is 288 g/mol. The van der Waals surface area contributed by atoms with Gasteiger partial charge in [0, 0.05) is 18.5 Å². The molecule has 6 nitrogen and oxygen atoms in total. The summed E-state index contributed by atoms with van der Waals surface area (Å²) in [5.41, 5.74) is 6.05. The lowest BCUT2D eigenvalue weighted by molar-refractivity contribution is -0.133. The molecule has 2 rings (SSSR count). The topological polar surface area (TPSA) is 88.3 Å². The molecule has 2 atom stereocenters. The Morgan fingerprint density at radius 1 is 1.33 bits per heavy atom. The van der Waals surface area contributed by atoms with Crippen LogP contribution in [0.2, 0.25) is 0 Å². The van der Waals surface area contributed by atoms with Crippen molar-refractivity contribution in [1.82, 2.24) is 15.2 Å². The molecule has 21 heavy (non-hydrogen) atoms. The molecule has 0 spiro atoms. The molecule has 1 aliphatic rings. The molecule has 3 N–H and O–H groups in total. The first kappa shape index (κ1) is 15.9. The number of amides is 2. The maximum absolute atomic E-state index is 12.3. The normalized spacial score (nSPS) is 18.1. The summed E-state index contributed by atoms with van der Waals surface area (Å²) in [7, 11) is 0. The van der Waals surface area contributed by atoms with E-state index in [-0.39, 0.29) is 17.9 Å². The number of nitrogens with two attached hydrogens (primary N) is 1. The van der Waals surface area contributed by atoms with E-state index in [4.69, 9.17) is 5.73 Å². The van der Waals surface area contributed by atoms with Crippen molar-refractivity contribution in [1.29, 1.82) is 0 Å². The van der Waals surface area contributed by atoms with E-state index in [0.717, 1.165) is 30.9 Å². The quantitative estimate of drug-likeness (QED) is 0.877. The van der Waals surface area contributed by atoms with Crippen LogP contribution in [0, 0.1) is 0 Å². The molecule has 2 heterocycles. The van der Waals surface area contributed by atoms with Gasteiger partial charge in [-0.25, -0.2) is 4.98 Å². The first-order valence-electron chi connectivity index (χ1n) is 7.29. The number of carbonyl (C=O) groups excluding carboxylic acids is 2. The Labute approximate surface area is 128 Å². The highest BCUT2D eigenvalue weighted by Crippen LogP contribution is 2.16. The van der Waals surface area contributed by atoms with Crippen LogP contribution >= 0.6 is 11.3 Å². The maximum Gasteiger partial charge on any atom is 0.271 e. The highest BCUT2D eigenvalue weighted by atomic mass is 32.1. The smallest absolute Gasteiger partial charge is 0.271 e. The first-order chi connectivity index (χ1) is 9.99. The van der Waals surface area contributed by atoms with Crippen LogP contribution in [0.4, 0.5) is 0 Å². The predicted octanol–water partition coefficient (Wildman–Crippen LogP) is 1.29. The lowest BCUT2D eigenvalue weighted by atomic mass is 10.1. The summed E-state index contributed by atoms with van der Waals surface area (Å²) in [6.45, 7) is 5.10. The molecule has 1 fully saturated rings. The van der Waals surface area contributed by atoms with Crippen LogP contribution in [-0.4, -0.2) is 40.8 Å². The van der Waals surface area contributed by atoms with E-state index >= 15 is 0 Å². The largest absolute Gasteiger partial charge is 0.341 e. The van der Waals surface area contributed by atoms with Crippen molar-refractivity contribution in [3.63, 3.8) is 0 Å². The third-order valence-corrected chi connectivity index (χ3v) is 4.58. The van der Waals surface area contributed by atoms with Crippen LogP contribution < -0.4 is 11.1 Å². The van der Waals surface area contributed by atoms with Gasteiger partial charge in [-0.2, -0.15) is 0 Å². The van der Waals surface area contributed by atoms with Crippen LogP contribution in [0.5, 0.6) is 0 Å². The van der Waals surface area contributed by atoms with Gasteiger partial charge in [-0.1, -0.05) is 0 Å². The second-order valence-corrected chi connectivity index (χ2v) is 6.33. The fourth-order valence-corrected chi connectivity index (χ4v) is 3.08. The van der Waals surface area contributed by atoms with E-state index in [0.29, 0.717) is 5.69 Å². The summed E-state index contributed by atoms with van der Waals surface area (Å²) in [5.74, 6) is -0.346. The molecule has 0 saturated carbocycles. The van der Waals surface area contributed by atoms with Crippen LogP contribution in [-0.2, 0) is 4.79 Å². The van der Waals surface area contributed by atoms with Crippen molar-refractivity contribution < 1.29 is 9.59 Å². The Kier molecular flexibility index (Phi) is 5.30. The summed E-state index contributed by atoms with van der Waals surface area (Å²) < 4.78 is 0. The number of nitrogens with one attached hydrogen (secondary N) is 1. The van der Waals surface area contributed by atoms with Crippen LogP contribution in [0.25, 0.3) is 0 Å². The minimum Gasteiger partial charge on any atom is -0.341 e. The molecule has 2 amide bonds. The van der Waals surface area contributed by atoms with Crippen molar-refractivity contribution in [3.05, 3.63) is 16.1 Å². The van der Waals surface area contributed by atoms with Gasteiger partial charge in [0.2, 0.25) is 5.91 Å². The molecule has 1 aromatic rings. The predicted molar refractivity (Wildman–Crippen MR) is 82.1 cm³/mol. The van der Waals surface area contributed by atoms with Gasteiger partial charge in [-0.3, -0.25) is 9.59 Å². The average Bonchev–Trinajstić information content (AvgIpc) is 2.97. The van der Waals surface area contributed by atoms with Gasteiger partial charge in [0.25, 0.3) is 5.91 Å². The van der Waals surface area contributed by atoms with Crippen LogP contribution in [0.3, 0.4) is 0 Å². The van der Waals surface area contributed by atoms with Crippen molar-refractivity contribution in [3.8, 4) is 0 Å². The Hall–Kier alpha value is -1.47. The van der Waals surface area contributed by atoms with E-state index in [1.54, 1.807) is 12.3 Å². The number of rotatable bonds is 4. The second kappa shape index (κ2) is 7.00. The minimum atomic E-state index is -0.531. The number of hydrogen-bond acceptors (Lipinski definition) is 5. The first-order valence-corrected chi connectivity index (χ1v) is 8.17. The van der Waals surface area contributed by atoms with Gasteiger partial charge >= 0.3 is 0 Å². The van der Waals surface area contributed by atoms with Crippen molar-refractivity contribution in [2.24, 2.45) is 5.73 Å². The molecular formula is C14H22N4O2S. The summed E-state index contributed by atoms with van der Waals surface area (Å²) in [5, 5.41) is 5.11. The minimum absolute atomic E-state index is 0.0225. The third kappa shape index (κ3) is 4.01. The number of likely N-dealkylation sites (tertiary alicyclic amines) is 1. The zero-order valence-electron chi connectivity index (χ0n) is 12.5. The highest BCUT2D eigenvalue weighted by Gasteiger charge is 2.24. The van der Waals surface area contributed by atoms with E-state index in [9.17, 15) is 9.59 Å². The number of hydrogen-bond donors (Lipinski definition) is 2. The second-order valence-electron chi connectivity index (χ2n) is 5.44.